The van der Waals surface area contributed by atoms with Crippen LogP contribution in [0.4, 0.5) is 5.69 Å². The van der Waals surface area contributed by atoms with E-state index in [0.717, 1.165) is 16.1 Å². The Kier molecular flexibility index (Phi) is 5.88. The summed E-state index contributed by atoms with van der Waals surface area (Å²) in [6.45, 7) is 3.23. The molecule has 138 valence electrons. The van der Waals surface area contributed by atoms with Crippen molar-refractivity contribution in [1.82, 2.24) is 4.98 Å². The van der Waals surface area contributed by atoms with Gasteiger partial charge in [0.25, 0.3) is 5.91 Å². The second kappa shape index (κ2) is 8.33. The number of carbonyl (C=O) groups is 2. The standard InChI is InChI=1S/C20H17ClN2O3S/c1-12-15(21)9-6-10-16(12)23-17(24)11-26-20(25)19-18(22-13(2)27-19)14-7-4-3-5-8-14/h3-10H,11H2,1-2H3,(H,23,24). The summed E-state index contributed by atoms with van der Waals surface area (Å²) in [4.78, 5) is 29.4. The van der Waals surface area contributed by atoms with Crippen molar-refractivity contribution in [3.8, 4) is 11.3 Å². The first-order chi connectivity index (χ1) is 13.0. The maximum absolute atomic E-state index is 12.5. The van der Waals surface area contributed by atoms with Crippen molar-refractivity contribution in [1.29, 1.82) is 0 Å². The molecule has 1 heterocycles. The number of amides is 1. The van der Waals surface area contributed by atoms with E-state index >= 15 is 0 Å². The van der Waals surface area contributed by atoms with E-state index in [1.165, 1.54) is 11.3 Å². The predicted octanol–water partition coefficient (Wildman–Crippen LogP) is 4.88. The number of esters is 1. The highest BCUT2D eigenvalue weighted by Gasteiger charge is 2.20. The zero-order valence-corrected chi connectivity index (χ0v) is 16.4. The van der Waals surface area contributed by atoms with Gasteiger partial charge in [0.1, 0.15) is 4.88 Å². The molecule has 0 atom stereocenters. The number of hydrogen-bond donors (Lipinski definition) is 1. The van der Waals surface area contributed by atoms with Crippen LogP contribution in [-0.4, -0.2) is 23.5 Å². The van der Waals surface area contributed by atoms with E-state index in [1.807, 2.05) is 37.3 Å². The molecule has 2 aromatic carbocycles. The first kappa shape index (κ1) is 19.1. The Morgan fingerprint density at radius 3 is 2.59 bits per heavy atom. The predicted molar refractivity (Wildman–Crippen MR) is 107 cm³/mol. The first-order valence-electron chi connectivity index (χ1n) is 8.20. The van der Waals surface area contributed by atoms with Crippen molar-refractivity contribution < 1.29 is 14.3 Å². The fourth-order valence-electron chi connectivity index (χ4n) is 2.48. The van der Waals surface area contributed by atoms with Gasteiger partial charge in [-0.25, -0.2) is 9.78 Å². The third kappa shape index (κ3) is 4.53. The number of benzene rings is 2. The number of thiazole rings is 1. The molecule has 3 rings (SSSR count). The second-order valence-corrected chi connectivity index (χ2v) is 7.42. The maximum atomic E-state index is 12.5. The summed E-state index contributed by atoms with van der Waals surface area (Å²) in [5.74, 6) is -1.01. The molecule has 0 fully saturated rings. The van der Waals surface area contributed by atoms with Crippen molar-refractivity contribution >= 4 is 40.5 Å². The highest BCUT2D eigenvalue weighted by atomic mass is 35.5. The van der Waals surface area contributed by atoms with Gasteiger partial charge in [0.15, 0.2) is 6.61 Å². The molecule has 0 saturated heterocycles. The van der Waals surface area contributed by atoms with Crippen molar-refractivity contribution in [3.05, 3.63) is 69.0 Å². The Bertz CT molecular complexity index is 986. The SMILES string of the molecule is Cc1nc(-c2ccccc2)c(C(=O)OCC(=O)Nc2cccc(Cl)c2C)s1. The molecule has 7 heteroatoms. The number of halogens is 1. The zero-order chi connectivity index (χ0) is 19.4. The van der Waals surface area contributed by atoms with Gasteiger partial charge in [0.2, 0.25) is 0 Å². The van der Waals surface area contributed by atoms with E-state index in [4.69, 9.17) is 16.3 Å². The summed E-state index contributed by atoms with van der Waals surface area (Å²) in [5, 5.41) is 4.00. The Morgan fingerprint density at radius 2 is 1.85 bits per heavy atom. The van der Waals surface area contributed by atoms with Gasteiger partial charge in [-0.1, -0.05) is 48.0 Å². The molecule has 27 heavy (non-hydrogen) atoms. The fourth-order valence-corrected chi connectivity index (χ4v) is 3.49. The molecule has 0 aliphatic carbocycles. The third-order valence-corrected chi connectivity index (χ3v) is 5.20. The van der Waals surface area contributed by atoms with Crippen LogP contribution in [0.15, 0.2) is 48.5 Å². The van der Waals surface area contributed by atoms with E-state index in [0.29, 0.717) is 21.3 Å². The quantitative estimate of drug-likeness (QED) is 0.620. The number of hydrogen-bond acceptors (Lipinski definition) is 5. The highest BCUT2D eigenvalue weighted by Crippen LogP contribution is 2.28. The summed E-state index contributed by atoms with van der Waals surface area (Å²) in [5.41, 5.74) is 2.73. The van der Waals surface area contributed by atoms with Crippen LogP contribution < -0.4 is 5.32 Å². The summed E-state index contributed by atoms with van der Waals surface area (Å²) in [6.07, 6.45) is 0. The minimum Gasteiger partial charge on any atom is -0.451 e. The lowest BCUT2D eigenvalue weighted by atomic mass is 10.1. The van der Waals surface area contributed by atoms with Gasteiger partial charge in [-0.05, 0) is 31.5 Å². The van der Waals surface area contributed by atoms with Gasteiger partial charge >= 0.3 is 5.97 Å². The lowest BCUT2D eigenvalue weighted by Crippen LogP contribution is -2.21. The molecular weight excluding hydrogens is 384 g/mol. The molecule has 0 saturated carbocycles. The van der Waals surface area contributed by atoms with Crippen LogP contribution in [0.2, 0.25) is 5.02 Å². The van der Waals surface area contributed by atoms with Crippen LogP contribution in [-0.2, 0) is 9.53 Å². The molecule has 0 radical (unpaired) electrons. The van der Waals surface area contributed by atoms with Gasteiger partial charge in [-0.2, -0.15) is 0 Å². The maximum Gasteiger partial charge on any atom is 0.351 e. The van der Waals surface area contributed by atoms with Crippen LogP contribution in [0.25, 0.3) is 11.3 Å². The number of carbonyl (C=O) groups excluding carboxylic acids is 2. The van der Waals surface area contributed by atoms with Gasteiger partial charge in [0.05, 0.1) is 10.7 Å². The number of aryl methyl sites for hydroxylation is 1. The average molecular weight is 401 g/mol. The minimum absolute atomic E-state index is 0.380. The topological polar surface area (TPSA) is 68.3 Å². The van der Waals surface area contributed by atoms with E-state index in [1.54, 1.807) is 25.1 Å². The summed E-state index contributed by atoms with van der Waals surface area (Å²) < 4.78 is 5.19. The van der Waals surface area contributed by atoms with Crippen molar-refractivity contribution in [2.75, 3.05) is 11.9 Å². The normalized spacial score (nSPS) is 10.5. The number of anilines is 1. The smallest absolute Gasteiger partial charge is 0.351 e. The van der Waals surface area contributed by atoms with Gasteiger partial charge < -0.3 is 10.1 Å². The number of aromatic nitrogens is 1. The fraction of sp³-hybridized carbons (Fsp3) is 0.150. The monoisotopic (exact) mass is 400 g/mol. The third-order valence-electron chi connectivity index (χ3n) is 3.84. The first-order valence-corrected chi connectivity index (χ1v) is 9.40. The molecule has 1 amide bonds. The molecular formula is C20H17ClN2O3S. The van der Waals surface area contributed by atoms with Crippen LogP contribution in [0.1, 0.15) is 20.2 Å². The van der Waals surface area contributed by atoms with E-state index in [-0.39, 0.29) is 0 Å². The van der Waals surface area contributed by atoms with E-state index < -0.39 is 18.5 Å². The molecule has 0 bridgehead atoms. The van der Waals surface area contributed by atoms with E-state index in [2.05, 4.69) is 10.3 Å². The van der Waals surface area contributed by atoms with Crippen LogP contribution in [0, 0.1) is 13.8 Å². The molecule has 1 N–H and O–H groups in total. The average Bonchev–Trinajstić information content (AvgIpc) is 3.06. The molecule has 0 spiro atoms. The van der Waals surface area contributed by atoms with E-state index in [9.17, 15) is 9.59 Å². The molecule has 0 aliphatic rings. The summed E-state index contributed by atoms with van der Waals surface area (Å²) in [6, 6.07) is 14.6. The lowest BCUT2D eigenvalue weighted by molar-refractivity contribution is -0.119. The van der Waals surface area contributed by atoms with Crippen molar-refractivity contribution in [2.24, 2.45) is 0 Å². The largest absolute Gasteiger partial charge is 0.451 e. The van der Waals surface area contributed by atoms with Crippen LogP contribution >= 0.6 is 22.9 Å². The lowest BCUT2D eigenvalue weighted by Gasteiger charge is -2.10. The van der Waals surface area contributed by atoms with Gasteiger partial charge in [-0.15, -0.1) is 11.3 Å². The summed E-state index contributed by atoms with van der Waals surface area (Å²) >= 11 is 7.28. The van der Waals surface area contributed by atoms with Crippen molar-refractivity contribution in [2.45, 2.75) is 13.8 Å². The van der Waals surface area contributed by atoms with Crippen LogP contribution in [0.3, 0.4) is 0 Å². The molecule has 3 aromatic rings. The second-order valence-electron chi connectivity index (χ2n) is 5.81. The Balaban J connectivity index is 1.68. The summed E-state index contributed by atoms with van der Waals surface area (Å²) in [7, 11) is 0. The van der Waals surface area contributed by atoms with Crippen LogP contribution in [0.5, 0.6) is 0 Å². The molecule has 0 aliphatic heterocycles. The zero-order valence-electron chi connectivity index (χ0n) is 14.8. The molecule has 0 unspecified atom stereocenters. The number of nitrogens with zero attached hydrogens (tertiary/aromatic N) is 1. The molecule has 5 nitrogen and oxygen atoms in total. The number of nitrogens with one attached hydrogen (secondary N) is 1. The van der Waals surface area contributed by atoms with Crippen molar-refractivity contribution in [3.63, 3.8) is 0 Å². The Hall–Kier alpha value is -2.70. The number of rotatable bonds is 5. The molecule has 1 aromatic heterocycles. The highest BCUT2D eigenvalue weighted by molar-refractivity contribution is 7.14. The minimum atomic E-state index is -0.572. The van der Waals surface area contributed by atoms with Gasteiger partial charge in [0, 0.05) is 16.3 Å². The Morgan fingerprint density at radius 1 is 1.11 bits per heavy atom. The Labute approximate surface area is 166 Å². The number of ether oxygens (including phenoxy) is 1. The van der Waals surface area contributed by atoms with Gasteiger partial charge in [-0.3, -0.25) is 4.79 Å².